The lowest BCUT2D eigenvalue weighted by molar-refractivity contribution is -0.393. The van der Waals surface area contributed by atoms with Crippen molar-refractivity contribution < 1.29 is 14.6 Å². The van der Waals surface area contributed by atoms with Crippen molar-refractivity contribution in [2.24, 2.45) is 0 Å². The molecule has 0 radical (unpaired) electrons. The molecule has 0 saturated carbocycles. The summed E-state index contributed by atoms with van der Waals surface area (Å²) in [6, 6.07) is 15.9. The Morgan fingerprint density at radius 3 is 1.91 bits per heavy atom. The number of hydrogen-bond donors (Lipinski definition) is 0. The fourth-order valence-corrected chi connectivity index (χ4v) is 2.32. The van der Waals surface area contributed by atoms with Gasteiger partial charge in [-0.1, -0.05) is 36.4 Å². The molecule has 0 atom stereocenters. The number of non-ortho nitro benzene ring substituents is 1. The van der Waals surface area contributed by atoms with Crippen LogP contribution in [0.2, 0.25) is 0 Å². The monoisotopic (exact) mass is 310 g/mol. The van der Waals surface area contributed by atoms with Gasteiger partial charge in [-0.15, -0.1) is 0 Å². The van der Waals surface area contributed by atoms with Crippen molar-refractivity contribution in [2.45, 2.75) is 0 Å². The van der Waals surface area contributed by atoms with Gasteiger partial charge in [0.1, 0.15) is 5.75 Å². The molecule has 0 unspecified atom stereocenters. The number of ether oxygens (including phenoxy) is 1. The topological polar surface area (TPSA) is 95.5 Å². The standard InChI is InChI=1S/C16H10N2O5/c19-17(20)14-10-15(18(21)22)16(13-9-5-4-8-12(13)14)23-11-6-2-1-3-7-11/h1-10H. The highest BCUT2D eigenvalue weighted by molar-refractivity contribution is 5.98. The maximum Gasteiger partial charge on any atom is 0.319 e. The van der Waals surface area contributed by atoms with Crippen LogP contribution in [0.3, 0.4) is 0 Å². The van der Waals surface area contributed by atoms with Crippen molar-refractivity contribution in [3.8, 4) is 11.5 Å². The second-order valence-electron chi connectivity index (χ2n) is 4.72. The number of fused-ring (bicyclic) bond motifs is 1. The summed E-state index contributed by atoms with van der Waals surface area (Å²) in [5.41, 5.74) is -0.771. The molecule has 0 aliphatic heterocycles. The van der Waals surface area contributed by atoms with Crippen LogP contribution in [0.4, 0.5) is 11.4 Å². The van der Waals surface area contributed by atoms with Gasteiger partial charge >= 0.3 is 5.69 Å². The molecule has 0 aliphatic rings. The molecular weight excluding hydrogens is 300 g/mol. The van der Waals surface area contributed by atoms with E-state index in [-0.39, 0.29) is 16.8 Å². The van der Waals surface area contributed by atoms with Gasteiger partial charge in [-0.25, -0.2) is 0 Å². The van der Waals surface area contributed by atoms with Crippen LogP contribution in [0.25, 0.3) is 10.8 Å². The molecule has 114 valence electrons. The third kappa shape index (κ3) is 2.67. The van der Waals surface area contributed by atoms with E-state index in [1.165, 1.54) is 6.07 Å². The quantitative estimate of drug-likeness (QED) is 0.524. The van der Waals surface area contributed by atoms with Crippen LogP contribution in [-0.2, 0) is 0 Å². The number of hydrogen-bond acceptors (Lipinski definition) is 5. The highest BCUT2D eigenvalue weighted by atomic mass is 16.6. The molecule has 0 spiro atoms. The van der Waals surface area contributed by atoms with Crippen molar-refractivity contribution in [1.82, 2.24) is 0 Å². The normalized spacial score (nSPS) is 10.4. The predicted octanol–water partition coefficient (Wildman–Crippen LogP) is 4.45. The molecule has 0 fully saturated rings. The fraction of sp³-hybridized carbons (Fsp3) is 0. The van der Waals surface area contributed by atoms with Crippen molar-refractivity contribution >= 4 is 22.1 Å². The zero-order valence-corrected chi connectivity index (χ0v) is 11.7. The van der Waals surface area contributed by atoms with Crippen molar-refractivity contribution in [2.75, 3.05) is 0 Å². The van der Waals surface area contributed by atoms with Crippen molar-refractivity contribution in [1.29, 1.82) is 0 Å². The van der Waals surface area contributed by atoms with Gasteiger partial charge in [0.05, 0.1) is 21.3 Å². The molecule has 0 aliphatic carbocycles. The summed E-state index contributed by atoms with van der Waals surface area (Å²) in [6.07, 6.45) is 0. The van der Waals surface area contributed by atoms with E-state index in [9.17, 15) is 20.2 Å². The lowest BCUT2D eigenvalue weighted by Crippen LogP contribution is -1.98. The molecule has 7 nitrogen and oxygen atoms in total. The molecular formula is C16H10N2O5. The van der Waals surface area contributed by atoms with E-state index in [2.05, 4.69) is 0 Å². The Kier molecular flexibility index (Phi) is 3.60. The van der Waals surface area contributed by atoms with Crippen LogP contribution in [-0.4, -0.2) is 9.85 Å². The van der Waals surface area contributed by atoms with Crippen LogP contribution in [0.1, 0.15) is 0 Å². The van der Waals surface area contributed by atoms with Gasteiger partial charge in [0.2, 0.25) is 5.75 Å². The van der Waals surface area contributed by atoms with Crippen LogP contribution in [0, 0.1) is 20.2 Å². The average molecular weight is 310 g/mol. The predicted molar refractivity (Wildman–Crippen MR) is 83.8 cm³/mol. The third-order valence-corrected chi connectivity index (χ3v) is 3.31. The van der Waals surface area contributed by atoms with E-state index >= 15 is 0 Å². The van der Waals surface area contributed by atoms with Crippen molar-refractivity contribution in [3.05, 3.63) is 80.9 Å². The number of para-hydroxylation sites is 1. The van der Waals surface area contributed by atoms with Gasteiger partial charge in [0.15, 0.2) is 0 Å². The molecule has 0 bridgehead atoms. The number of rotatable bonds is 4. The second kappa shape index (κ2) is 5.72. The average Bonchev–Trinajstić information content (AvgIpc) is 2.55. The first-order chi connectivity index (χ1) is 11.1. The molecule has 0 N–H and O–H groups in total. The number of nitrogens with zero attached hydrogens (tertiary/aromatic N) is 2. The maximum atomic E-state index is 11.3. The smallest absolute Gasteiger partial charge is 0.319 e. The van der Waals surface area contributed by atoms with E-state index in [0.717, 1.165) is 6.07 Å². The molecule has 0 aromatic heterocycles. The Hall–Kier alpha value is -3.48. The largest absolute Gasteiger partial charge is 0.449 e. The Labute approximate surface area is 130 Å². The summed E-state index contributed by atoms with van der Waals surface area (Å²) < 4.78 is 5.65. The Bertz CT molecular complexity index is 909. The van der Waals surface area contributed by atoms with E-state index in [1.54, 1.807) is 48.5 Å². The Morgan fingerprint density at radius 1 is 0.739 bits per heavy atom. The van der Waals surface area contributed by atoms with Gasteiger partial charge in [-0.2, -0.15) is 0 Å². The molecule has 3 aromatic rings. The Balaban J connectivity index is 2.30. The van der Waals surface area contributed by atoms with Crippen molar-refractivity contribution in [3.63, 3.8) is 0 Å². The first-order valence-electron chi connectivity index (χ1n) is 6.65. The van der Waals surface area contributed by atoms with Crippen LogP contribution >= 0.6 is 0 Å². The first-order valence-corrected chi connectivity index (χ1v) is 6.65. The van der Waals surface area contributed by atoms with Gasteiger partial charge < -0.3 is 4.74 Å². The van der Waals surface area contributed by atoms with Gasteiger partial charge in [0, 0.05) is 5.39 Å². The molecule has 3 rings (SSSR count). The summed E-state index contributed by atoms with van der Waals surface area (Å²) in [5, 5.41) is 23.1. The van der Waals surface area contributed by atoms with E-state index < -0.39 is 15.5 Å². The minimum Gasteiger partial charge on any atom is -0.449 e. The molecule has 23 heavy (non-hydrogen) atoms. The second-order valence-corrected chi connectivity index (χ2v) is 4.72. The SMILES string of the molecule is O=[N+]([O-])c1cc([N+](=O)[O-])c2ccccc2c1Oc1ccccc1. The summed E-state index contributed by atoms with van der Waals surface area (Å²) in [5.74, 6) is 0.400. The lowest BCUT2D eigenvalue weighted by atomic mass is 10.1. The van der Waals surface area contributed by atoms with Crippen LogP contribution in [0.15, 0.2) is 60.7 Å². The summed E-state index contributed by atoms with van der Waals surface area (Å²) in [4.78, 5) is 21.2. The summed E-state index contributed by atoms with van der Waals surface area (Å²) >= 11 is 0. The minimum absolute atomic E-state index is 0.0117. The lowest BCUT2D eigenvalue weighted by Gasteiger charge is -2.10. The highest BCUT2D eigenvalue weighted by Gasteiger charge is 2.26. The van der Waals surface area contributed by atoms with Gasteiger partial charge in [-0.3, -0.25) is 20.2 Å². The molecule has 3 aromatic carbocycles. The third-order valence-electron chi connectivity index (χ3n) is 3.31. The number of benzene rings is 3. The highest BCUT2D eigenvalue weighted by Crippen LogP contribution is 2.42. The van der Waals surface area contributed by atoms with E-state index in [4.69, 9.17) is 4.74 Å². The van der Waals surface area contributed by atoms with E-state index in [0.29, 0.717) is 11.1 Å². The van der Waals surface area contributed by atoms with Crippen LogP contribution in [0.5, 0.6) is 11.5 Å². The summed E-state index contributed by atoms with van der Waals surface area (Å²) in [7, 11) is 0. The number of nitro groups is 2. The van der Waals surface area contributed by atoms with Gasteiger partial charge in [-0.05, 0) is 18.2 Å². The molecule has 7 heteroatoms. The molecule has 0 amide bonds. The first kappa shape index (κ1) is 14.5. The summed E-state index contributed by atoms with van der Waals surface area (Å²) in [6.45, 7) is 0. The molecule has 0 heterocycles. The Morgan fingerprint density at radius 2 is 1.30 bits per heavy atom. The zero-order valence-electron chi connectivity index (χ0n) is 11.7. The zero-order chi connectivity index (χ0) is 16.4. The van der Waals surface area contributed by atoms with E-state index in [1.807, 2.05) is 0 Å². The fourth-order valence-electron chi connectivity index (χ4n) is 2.32. The van der Waals surface area contributed by atoms with Crippen LogP contribution < -0.4 is 4.74 Å². The molecule has 0 saturated heterocycles. The number of nitro benzene ring substituents is 2. The maximum absolute atomic E-state index is 11.3. The minimum atomic E-state index is -0.683. The van der Waals surface area contributed by atoms with Gasteiger partial charge in [0.25, 0.3) is 5.69 Å².